The Bertz CT molecular complexity index is 336. The first-order valence-corrected chi connectivity index (χ1v) is 7.30. The summed E-state index contributed by atoms with van der Waals surface area (Å²) in [5.41, 5.74) is -1.04. The van der Waals surface area contributed by atoms with Crippen molar-refractivity contribution >= 4 is 11.8 Å². The smallest absolute Gasteiger partial charge is 0.135 e. The van der Waals surface area contributed by atoms with E-state index in [4.69, 9.17) is 4.74 Å². The van der Waals surface area contributed by atoms with Crippen LogP contribution >= 0.6 is 11.8 Å². The Balaban J connectivity index is 2.64. The van der Waals surface area contributed by atoms with Crippen LogP contribution in [0.1, 0.15) is 33.6 Å². The van der Waals surface area contributed by atoms with Gasteiger partial charge < -0.3 is 9.84 Å². The van der Waals surface area contributed by atoms with Gasteiger partial charge in [-0.2, -0.15) is 0 Å². The summed E-state index contributed by atoms with van der Waals surface area (Å²) < 4.78 is 5.46. The van der Waals surface area contributed by atoms with Crippen molar-refractivity contribution in [1.82, 2.24) is 0 Å². The van der Waals surface area contributed by atoms with Gasteiger partial charge in [0.05, 0.1) is 5.60 Å². The average Bonchev–Trinajstić information content (AvgIpc) is 2.34. The molecule has 1 aromatic carbocycles. The normalized spacial score (nSPS) is 16.6. The molecule has 0 radical (unpaired) electrons. The van der Waals surface area contributed by atoms with Gasteiger partial charge in [-0.25, -0.2) is 0 Å². The van der Waals surface area contributed by atoms with Crippen LogP contribution in [0.15, 0.2) is 35.2 Å². The van der Waals surface area contributed by atoms with E-state index in [0.29, 0.717) is 5.92 Å². The minimum Gasteiger partial charge on any atom is -0.387 e. The van der Waals surface area contributed by atoms with E-state index in [9.17, 15) is 5.11 Å². The van der Waals surface area contributed by atoms with Crippen LogP contribution in [0, 0.1) is 5.92 Å². The maximum atomic E-state index is 10.5. The van der Waals surface area contributed by atoms with E-state index in [1.54, 1.807) is 18.9 Å². The Morgan fingerprint density at radius 3 is 2.39 bits per heavy atom. The quantitative estimate of drug-likeness (QED) is 0.600. The molecule has 0 aromatic heterocycles. The van der Waals surface area contributed by atoms with Crippen LogP contribution in [0.3, 0.4) is 0 Å². The Hall–Kier alpha value is -0.510. The molecule has 0 fully saturated rings. The number of ether oxygens (including phenoxy) is 1. The summed E-state index contributed by atoms with van der Waals surface area (Å²) in [5, 5.41) is 10.5. The first kappa shape index (κ1) is 15.5. The molecule has 0 aliphatic heterocycles. The van der Waals surface area contributed by atoms with E-state index in [2.05, 4.69) is 13.8 Å². The van der Waals surface area contributed by atoms with Crippen LogP contribution in [0.25, 0.3) is 0 Å². The number of methoxy groups -OCH3 is 1. The molecule has 1 N–H and O–H groups in total. The Kier molecular flexibility index (Phi) is 6.19. The maximum Gasteiger partial charge on any atom is 0.135 e. The van der Waals surface area contributed by atoms with Gasteiger partial charge in [-0.05, 0) is 37.8 Å². The van der Waals surface area contributed by atoms with Crippen molar-refractivity contribution in [3.63, 3.8) is 0 Å². The van der Waals surface area contributed by atoms with Crippen molar-refractivity contribution in [3.05, 3.63) is 30.3 Å². The van der Waals surface area contributed by atoms with Gasteiger partial charge in [-0.1, -0.05) is 43.8 Å². The van der Waals surface area contributed by atoms with Gasteiger partial charge in [-0.3, -0.25) is 0 Å². The second kappa shape index (κ2) is 7.17. The molecule has 2 atom stereocenters. The number of rotatable bonds is 7. The summed E-state index contributed by atoms with van der Waals surface area (Å²) in [6, 6.07) is 10.1. The minimum absolute atomic E-state index is 0.237. The predicted molar refractivity (Wildman–Crippen MR) is 77.8 cm³/mol. The number of thioether (sulfide) groups is 1. The summed E-state index contributed by atoms with van der Waals surface area (Å²) in [5.74, 6) is 0.593. The van der Waals surface area contributed by atoms with E-state index < -0.39 is 5.60 Å². The van der Waals surface area contributed by atoms with Gasteiger partial charge in [0.15, 0.2) is 0 Å². The first-order valence-electron chi connectivity index (χ1n) is 6.42. The Morgan fingerprint density at radius 1 is 1.28 bits per heavy atom. The first-order chi connectivity index (χ1) is 8.45. The number of hydrogen-bond acceptors (Lipinski definition) is 3. The van der Waals surface area contributed by atoms with Crippen LogP contribution in [0.5, 0.6) is 0 Å². The molecule has 0 amide bonds. The Morgan fingerprint density at radius 2 is 1.89 bits per heavy atom. The largest absolute Gasteiger partial charge is 0.387 e. The third-order valence-electron chi connectivity index (χ3n) is 2.94. The van der Waals surface area contributed by atoms with Crippen LogP contribution in [-0.2, 0) is 4.74 Å². The lowest BCUT2D eigenvalue weighted by Gasteiger charge is -2.32. The zero-order valence-electron chi connectivity index (χ0n) is 11.7. The van der Waals surface area contributed by atoms with Gasteiger partial charge in [0, 0.05) is 12.0 Å². The highest BCUT2D eigenvalue weighted by atomic mass is 32.2. The van der Waals surface area contributed by atoms with Gasteiger partial charge >= 0.3 is 0 Å². The molecule has 0 aliphatic rings. The molecule has 18 heavy (non-hydrogen) atoms. The van der Waals surface area contributed by atoms with Crippen molar-refractivity contribution in [1.29, 1.82) is 0 Å². The maximum absolute atomic E-state index is 10.5. The monoisotopic (exact) mass is 268 g/mol. The second-order valence-corrected chi connectivity index (χ2v) is 6.42. The SMILES string of the molecule is COC(Sc1ccccc1)C(C)(O)CCC(C)C. The summed E-state index contributed by atoms with van der Waals surface area (Å²) in [6.07, 6.45) is 1.76. The van der Waals surface area contributed by atoms with E-state index >= 15 is 0 Å². The summed E-state index contributed by atoms with van der Waals surface area (Å²) >= 11 is 1.58. The van der Waals surface area contributed by atoms with Gasteiger partial charge in [0.2, 0.25) is 0 Å². The highest BCUT2D eigenvalue weighted by molar-refractivity contribution is 7.99. The van der Waals surface area contributed by atoms with Gasteiger partial charge in [-0.15, -0.1) is 0 Å². The van der Waals surface area contributed by atoms with E-state index in [0.717, 1.165) is 17.7 Å². The third-order valence-corrected chi connectivity index (χ3v) is 4.39. The third kappa shape index (κ3) is 5.01. The lowest BCUT2D eigenvalue weighted by Crippen LogP contribution is -2.38. The van der Waals surface area contributed by atoms with Crippen molar-refractivity contribution in [2.45, 2.75) is 49.5 Å². The summed E-state index contributed by atoms with van der Waals surface area (Å²) in [4.78, 5) is 1.12. The lowest BCUT2D eigenvalue weighted by atomic mass is 9.96. The molecular weight excluding hydrogens is 244 g/mol. The standard InChI is InChI=1S/C15H24O2S/c1-12(2)10-11-15(3,16)14(17-4)18-13-8-6-5-7-9-13/h5-9,12,14,16H,10-11H2,1-4H3. The topological polar surface area (TPSA) is 29.5 Å². The van der Waals surface area contributed by atoms with Crippen molar-refractivity contribution in [2.75, 3.05) is 7.11 Å². The summed E-state index contributed by atoms with van der Waals surface area (Å²) in [7, 11) is 1.66. The van der Waals surface area contributed by atoms with Crippen molar-refractivity contribution in [3.8, 4) is 0 Å². The highest BCUT2D eigenvalue weighted by Crippen LogP contribution is 2.34. The molecule has 3 heteroatoms. The van der Waals surface area contributed by atoms with Crippen LogP contribution in [0.4, 0.5) is 0 Å². The number of benzene rings is 1. The van der Waals surface area contributed by atoms with Gasteiger partial charge in [0.1, 0.15) is 5.44 Å². The van der Waals surface area contributed by atoms with Crippen molar-refractivity contribution < 1.29 is 9.84 Å². The molecular formula is C15H24O2S. The molecule has 0 bridgehead atoms. The van der Waals surface area contributed by atoms with E-state index in [1.807, 2.05) is 37.3 Å². The molecule has 1 rings (SSSR count). The van der Waals surface area contributed by atoms with E-state index in [-0.39, 0.29) is 5.44 Å². The average molecular weight is 268 g/mol. The molecule has 0 saturated carbocycles. The number of hydrogen-bond donors (Lipinski definition) is 1. The number of aliphatic hydroxyl groups is 1. The predicted octanol–water partition coefficient (Wildman–Crippen LogP) is 3.94. The fourth-order valence-electron chi connectivity index (χ4n) is 1.75. The lowest BCUT2D eigenvalue weighted by molar-refractivity contribution is -0.0447. The molecule has 2 unspecified atom stereocenters. The van der Waals surface area contributed by atoms with Gasteiger partial charge in [0.25, 0.3) is 0 Å². The highest BCUT2D eigenvalue weighted by Gasteiger charge is 2.32. The van der Waals surface area contributed by atoms with Crippen LogP contribution in [0.2, 0.25) is 0 Å². The fraction of sp³-hybridized carbons (Fsp3) is 0.600. The minimum atomic E-state index is -0.806. The molecule has 0 heterocycles. The zero-order chi connectivity index (χ0) is 13.6. The van der Waals surface area contributed by atoms with E-state index in [1.165, 1.54) is 0 Å². The molecule has 0 saturated heterocycles. The molecule has 1 aromatic rings. The second-order valence-electron chi connectivity index (χ2n) is 5.29. The molecule has 0 spiro atoms. The van der Waals surface area contributed by atoms with Crippen molar-refractivity contribution in [2.24, 2.45) is 5.92 Å². The zero-order valence-corrected chi connectivity index (χ0v) is 12.5. The molecule has 102 valence electrons. The fourth-order valence-corrected chi connectivity index (χ4v) is 2.78. The van der Waals surface area contributed by atoms with Crippen LogP contribution in [-0.4, -0.2) is 23.3 Å². The Labute approximate surface area is 115 Å². The molecule has 0 aliphatic carbocycles. The molecule has 2 nitrogen and oxygen atoms in total. The van der Waals surface area contributed by atoms with Crippen LogP contribution < -0.4 is 0 Å². The summed E-state index contributed by atoms with van der Waals surface area (Å²) in [6.45, 7) is 6.20.